The molecule has 0 aromatic heterocycles. The first-order valence-electron chi connectivity index (χ1n) is 7.01. The van der Waals surface area contributed by atoms with E-state index in [4.69, 9.17) is 4.74 Å². The number of aliphatic hydroxyl groups excluding tert-OH is 1. The van der Waals surface area contributed by atoms with Crippen LogP contribution in [0, 0.1) is 5.92 Å². The molecule has 0 bridgehead atoms. The van der Waals surface area contributed by atoms with Crippen molar-refractivity contribution in [2.45, 2.75) is 38.3 Å². The molecule has 1 heterocycles. The van der Waals surface area contributed by atoms with Crippen molar-refractivity contribution in [2.75, 3.05) is 39.5 Å². The average Bonchev–Trinajstić information content (AvgIpc) is 2.78. The van der Waals surface area contributed by atoms with E-state index in [1.807, 2.05) is 0 Å². The Kier molecular flexibility index (Phi) is 5.22. The molecule has 2 fully saturated rings. The molecule has 1 aliphatic heterocycles. The Morgan fingerprint density at radius 3 is 3.06 bits per heavy atom. The second-order valence-electron chi connectivity index (χ2n) is 5.26. The van der Waals surface area contributed by atoms with Gasteiger partial charge in [-0.15, -0.1) is 0 Å². The molecule has 4 nitrogen and oxygen atoms in total. The molecule has 0 spiro atoms. The van der Waals surface area contributed by atoms with E-state index in [1.165, 1.54) is 19.3 Å². The Labute approximate surface area is 104 Å². The molecule has 1 aliphatic carbocycles. The second-order valence-corrected chi connectivity index (χ2v) is 5.26. The summed E-state index contributed by atoms with van der Waals surface area (Å²) in [7, 11) is 0. The molecule has 2 rings (SSSR count). The Bertz CT molecular complexity index is 225. The lowest BCUT2D eigenvalue weighted by Crippen LogP contribution is -2.51. The van der Waals surface area contributed by atoms with E-state index in [1.54, 1.807) is 0 Å². The van der Waals surface area contributed by atoms with Crippen molar-refractivity contribution in [1.29, 1.82) is 0 Å². The molecule has 0 aromatic rings. The monoisotopic (exact) mass is 242 g/mol. The quantitative estimate of drug-likeness (QED) is 0.735. The molecule has 0 amide bonds. The summed E-state index contributed by atoms with van der Waals surface area (Å²) in [5.74, 6) is 0.752. The molecule has 2 N–H and O–H groups in total. The predicted octanol–water partition coefficient (Wildman–Crippen LogP) is 0.458. The molecule has 3 atom stereocenters. The zero-order valence-corrected chi connectivity index (χ0v) is 10.9. The van der Waals surface area contributed by atoms with Gasteiger partial charge in [-0.25, -0.2) is 0 Å². The fourth-order valence-corrected chi connectivity index (χ4v) is 3.19. The minimum atomic E-state index is 0.214. The van der Waals surface area contributed by atoms with E-state index >= 15 is 0 Å². The molecular formula is C13H26N2O2. The van der Waals surface area contributed by atoms with Crippen molar-refractivity contribution in [3.63, 3.8) is 0 Å². The van der Waals surface area contributed by atoms with Crippen molar-refractivity contribution < 1.29 is 9.84 Å². The number of morpholine rings is 1. The molecule has 1 saturated carbocycles. The Hall–Kier alpha value is -0.160. The van der Waals surface area contributed by atoms with Crippen LogP contribution < -0.4 is 5.32 Å². The molecule has 2 aliphatic rings. The van der Waals surface area contributed by atoms with E-state index in [0.29, 0.717) is 12.6 Å². The highest BCUT2D eigenvalue weighted by molar-refractivity contribution is 4.87. The summed E-state index contributed by atoms with van der Waals surface area (Å²) >= 11 is 0. The van der Waals surface area contributed by atoms with Crippen LogP contribution in [0.5, 0.6) is 0 Å². The molecule has 0 aromatic carbocycles. The molecule has 4 heteroatoms. The number of hydrogen-bond acceptors (Lipinski definition) is 4. The number of hydrogen-bond donors (Lipinski definition) is 2. The topological polar surface area (TPSA) is 44.7 Å². The fourth-order valence-electron chi connectivity index (χ4n) is 3.19. The van der Waals surface area contributed by atoms with Crippen LogP contribution in [0.15, 0.2) is 0 Å². The minimum Gasteiger partial charge on any atom is -0.395 e. The van der Waals surface area contributed by atoms with E-state index in [0.717, 1.165) is 32.2 Å². The van der Waals surface area contributed by atoms with Crippen LogP contribution in [0.3, 0.4) is 0 Å². The van der Waals surface area contributed by atoms with Gasteiger partial charge in [-0.1, -0.05) is 13.3 Å². The smallest absolute Gasteiger partial charge is 0.0644 e. The maximum Gasteiger partial charge on any atom is 0.0644 e. The van der Waals surface area contributed by atoms with Gasteiger partial charge in [0.1, 0.15) is 0 Å². The zero-order valence-electron chi connectivity index (χ0n) is 10.9. The van der Waals surface area contributed by atoms with Gasteiger partial charge in [0.05, 0.1) is 25.9 Å². The summed E-state index contributed by atoms with van der Waals surface area (Å²) in [4.78, 5) is 2.42. The summed E-state index contributed by atoms with van der Waals surface area (Å²) in [6.45, 7) is 7.06. The molecule has 100 valence electrons. The number of nitrogens with one attached hydrogen (secondary N) is 1. The lowest BCUT2D eigenvalue weighted by Gasteiger charge is -2.37. The van der Waals surface area contributed by atoms with Crippen molar-refractivity contribution in [3.05, 3.63) is 0 Å². The van der Waals surface area contributed by atoms with Crippen molar-refractivity contribution in [2.24, 2.45) is 5.92 Å². The third-order valence-corrected chi connectivity index (χ3v) is 4.15. The number of aliphatic hydroxyl groups is 1. The lowest BCUT2D eigenvalue weighted by atomic mass is 10.0. The number of nitrogens with zero attached hydrogens (tertiary/aromatic N) is 1. The maximum absolute atomic E-state index is 9.37. The molecule has 17 heavy (non-hydrogen) atoms. The largest absolute Gasteiger partial charge is 0.395 e. The highest BCUT2D eigenvalue weighted by atomic mass is 16.5. The second kappa shape index (κ2) is 6.69. The van der Waals surface area contributed by atoms with Gasteiger partial charge in [0, 0.05) is 19.1 Å². The molecule has 0 radical (unpaired) electrons. The number of rotatable bonds is 5. The minimum absolute atomic E-state index is 0.214. The summed E-state index contributed by atoms with van der Waals surface area (Å²) in [5, 5.41) is 13.0. The van der Waals surface area contributed by atoms with E-state index in [2.05, 4.69) is 17.1 Å². The van der Waals surface area contributed by atoms with Crippen LogP contribution in [0.1, 0.15) is 26.2 Å². The van der Waals surface area contributed by atoms with Gasteiger partial charge in [0.25, 0.3) is 0 Å². The van der Waals surface area contributed by atoms with Crippen molar-refractivity contribution in [1.82, 2.24) is 10.2 Å². The lowest BCUT2D eigenvalue weighted by molar-refractivity contribution is -0.0343. The van der Waals surface area contributed by atoms with E-state index in [9.17, 15) is 5.11 Å². The van der Waals surface area contributed by atoms with Crippen LogP contribution in [0.2, 0.25) is 0 Å². The van der Waals surface area contributed by atoms with Gasteiger partial charge in [0.15, 0.2) is 0 Å². The normalized spacial score (nSPS) is 35.3. The standard InChI is InChI=1S/C13H26N2O2/c1-2-14-13-5-3-4-11(13)8-15-6-7-17-10-12(15)9-16/h11-14,16H,2-10H2,1H3. The van der Waals surface area contributed by atoms with Gasteiger partial charge in [-0.2, -0.15) is 0 Å². The summed E-state index contributed by atoms with van der Waals surface area (Å²) in [6, 6.07) is 0.897. The molecule has 1 saturated heterocycles. The van der Waals surface area contributed by atoms with Gasteiger partial charge in [0.2, 0.25) is 0 Å². The third-order valence-electron chi connectivity index (χ3n) is 4.15. The first kappa shape index (κ1) is 13.3. The zero-order chi connectivity index (χ0) is 12.1. The SMILES string of the molecule is CCNC1CCCC1CN1CCOCC1CO. The van der Waals surface area contributed by atoms with Crippen molar-refractivity contribution >= 4 is 0 Å². The predicted molar refractivity (Wildman–Crippen MR) is 68.1 cm³/mol. The fraction of sp³-hybridized carbons (Fsp3) is 1.00. The number of ether oxygens (including phenoxy) is 1. The van der Waals surface area contributed by atoms with E-state index < -0.39 is 0 Å². The first-order valence-corrected chi connectivity index (χ1v) is 7.01. The van der Waals surface area contributed by atoms with Crippen LogP contribution in [-0.4, -0.2) is 61.5 Å². The van der Waals surface area contributed by atoms with Gasteiger partial charge < -0.3 is 15.2 Å². The van der Waals surface area contributed by atoms with Crippen LogP contribution in [-0.2, 0) is 4.74 Å². The summed E-state index contributed by atoms with van der Waals surface area (Å²) in [6.07, 6.45) is 3.98. The Balaban J connectivity index is 1.85. The van der Waals surface area contributed by atoms with Gasteiger partial charge in [-0.05, 0) is 25.3 Å². The van der Waals surface area contributed by atoms with Crippen LogP contribution in [0.4, 0.5) is 0 Å². The summed E-state index contributed by atoms with van der Waals surface area (Å²) < 4.78 is 5.42. The van der Waals surface area contributed by atoms with Gasteiger partial charge >= 0.3 is 0 Å². The Morgan fingerprint density at radius 1 is 1.41 bits per heavy atom. The van der Waals surface area contributed by atoms with Crippen LogP contribution in [0.25, 0.3) is 0 Å². The van der Waals surface area contributed by atoms with Crippen LogP contribution >= 0.6 is 0 Å². The first-order chi connectivity index (χ1) is 8.35. The molecular weight excluding hydrogens is 216 g/mol. The van der Waals surface area contributed by atoms with Gasteiger partial charge in [-0.3, -0.25) is 4.90 Å². The third kappa shape index (κ3) is 3.41. The van der Waals surface area contributed by atoms with Crippen molar-refractivity contribution in [3.8, 4) is 0 Å². The van der Waals surface area contributed by atoms with E-state index in [-0.39, 0.29) is 12.6 Å². The average molecular weight is 242 g/mol. The molecule has 3 unspecified atom stereocenters. The summed E-state index contributed by atoms with van der Waals surface area (Å²) in [5.41, 5.74) is 0. The highest BCUT2D eigenvalue weighted by Crippen LogP contribution is 2.27. The maximum atomic E-state index is 9.37. The Morgan fingerprint density at radius 2 is 2.29 bits per heavy atom. The highest BCUT2D eigenvalue weighted by Gasteiger charge is 2.31.